The predicted molar refractivity (Wildman–Crippen MR) is 79.3 cm³/mol. The largest absolute Gasteiger partial charge is 0.384 e. The van der Waals surface area contributed by atoms with Gasteiger partial charge in [0, 0.05) is 17.6 Å². The van der Waals surface area contributed by atoms with Gasteiger partial charge >= 0.3 is 0 Å². The minimum absolute atomic E-state index is 0.129. The molecular formula is C17H20FNO2. The van der Waals surface area contributed by atoms with Crippen LogP contribution in [0.2, 0.25) is 0 Å². The molecule has 1 amide bonds. The molecule has 0 bridgehead atoms. The maximum absolute atomic E-state index is 13.9. The standard InChI is InChI=1S/C17H20FNO2/c1-12-5-3-6-13(2)19(12)17(21)15-9-8-14(7-4-10-20)16(18)11-15/h8-9,11-13,20H,3,5-6,10H2,1-2H3/t12-,13+. The number of rotatable bonds is 1. The highest BCUT2D eigenvalue weighted by atomic mass is 19.1. The van der Waals surface area contributed by atoms with E-state index in [1.54, 1.807) is 6.07 Å². The number of likely N-dealkylation sites (tertiary alicyclic amines) is 1. The summed E-state index contributed by atoms with van der Waals surface area (Å²) in [5, 5.41) is 8.63. The van der Waals surface area contributed by atoms with Crippen LogP contribution in [-0.2, 0) is 0 Å². The molecule has 0 unspecified atom stereocenters. The summed E-state index contributed by atoms with van der Waals surface area (Å²) in [6.45, 7) is 3.75. The summed E-state index contributed by atoms with van der Waals surface area (Å²) < 4.78 is 13.9. The molecule has 1 N–H and O–H groups in total. The van der Waals surface area contributed by atoms with Crippen molar-refractivity contribution in [3.63, 3.8) is 0 Å². The molecule has 1 fully saturated rings. The van der Waals surface area contributed by atoms with Crippen molar-refractivity contribution >= 4 is 5.91 Å². The molecule has 4 heteroatoms. The third-order valence-electron chi connectivity index (χ3n) is 3.95. The summed E-state index contributed by atoms with van der Waals surface area (Å²) in [4.78, 5) is 14.4. The minimum Gasteiger partial charge on any atom is -0.384 e. The first-order valence-corrected chi connectivity index (χ1v) is 7.26. The number of benzene rings is 1. The van der Waals surface area contributed by atoms with Gasteiger partial charge < -0.3 is 10.0 Å². The normalized spacial score (nSPS) is 21.6. The van der Waals surface area contributed by atoms with E-state index in [1.807, 2.05) is 18.7 Å². The lowest BCUT2D eigenvalue weighted by molar-refractivity contribution is 0.0510. The van der Waals surface area contributed by atoms with Gasteiger partial charge in [0.15, 0.2) is 0 Å². The second-order valence-electron chi connectivity index (χ2n) is 5.50. The van der Waals surface area contributed by atoms with Crippen molar-refractivity contribution in [1.82, 2.24) is 4.90 Å². The topological polar surface area (TPSA) is 40.5 Å². The molecule has 0 aliphatic carbocycles. The molecule has 1 aliphatic rings. The fraction of sp³-hybridized carbons (Fsp3) is 0.471. The zero-order valence-corrected chi connectivity index (χ0v) is 12.4. The third-order valence-corrected chi connectivity index (χ3v) is 3.95. The van der Waals surface area contributed by atoms with Gasteiger partial charge in [-0.25, -0.2) is 4.39 Å². The van der Waals surface area contributed by atoms with Gasteiger partial charge in [0.05, 0.1) is 5.56 Å². The molecule has 0 aromatic heterocycles. The number of carbonyl (C=O) groups excluding carboxylic acids is 1. The number of aliphatic hydroxyl groups excluding tert-OH is 1. The molecule has 1 aliphatic heterocycles. The summed E-state index contributed by atoms with van der Waals surface area (Å²) in [7, 11) is 0. The van der Waals surface area contributed by atoms with Crippen molar-refractivity contribution in [2.45, 2.75) is 45.2 Å². The summed E-state index contributed by atoms with van der Waals surface area (Å²) in [6, 6.07) is 4.68. The molecule has 1 aromatic carbocycles. The Labute approximate surface area is 124 Å². The highest BCUT2D eigenvalue weighted by Gasteiger charge is 2.29. The van der Waals surface area contributed by atoms with E-state index in [2.05, 4.69) is 11.8 Å². The van der Waals surface area contributed by atoms with E-state index in [0.29, 0.717) is 5.56 Å². The van der Waals surface area contributed by atoms with Gasteiger partial charge in [-0.15, -0.1) is 0 Å². The van der Waals surface area contributed by atoms with Gasteiger partial charge in [0.1, 0.15) is 12.4 Å². The zero-order valence-electron chi connectivity index (χ0n) is 12.4. The van der Waals surface area contributed by atoms with Gasteiger partial charge in [-0.1, -0.05) is 11.8 Å². The minimum atomic E-state index is -0.529. The zero-order chi connectivity index (χ0) is 15.4. The Morgan fingerprint density at radius 1 is 1.38 bits per heavy atom. The van der Waals surface area contributed by atoms with Crippen LogP contribution in [0.4, 0.5) is 4.39 Å². The smallest absolute Gasteiger partial charge is 0.254 e. The van der Waals surface area contributed by atoms with Gasteiger partial charge in [-0.05, 0) is 51.3 Å². The van der Waals surface area contributed by atoms with E-state index in [-0.39, 0.29) is 30.2 Å². The Morgan fingerprint density at radius 2 is 2.05 bits per heavy atom. The fourth-order valence-electron chi connectivity index (χ4n) is 2.85. The average molecular weight is 289 g/mol. The van der Waals surface area contributed by atoms with Crippen LogP contribution in [0.15, 0.2) is 18.2 Å². The van der Waals surface area contributed by atoms with E-state index in [1.165, 1.54) is 12.1 Å². The van der Waals surface area contributed by atoms with Crippen molar-refractivity contribution in [3.05, 3.63) is 35.1 Å². The molecule has 0 saturated carbocycles. The lowest BCUT2D eigenvalue weighted by atomic mass is 9.96. The lowest BCUT2D eigenvalue weighted by Gasteiger charge is -2.39. The van der Waals surface area contributed by atoms with E-state index in [0.717, 1.165) is 19.3 Å². The van der Waals surface area contributed by atoms with Crippen molar-refractivity contribution < 1.29 is 14.3 Å². The van der Waals surface area contributed by atoms with Gasteiger partial charge in [-0.2, -0.15) is 0 Å². The SMILES string of the molecule is C[C@@H]1CCC[C@H](C)N1C(=O)c1ccc(C#CCO)c(F)c1. The Balaban J connectivity index is 2.25. The Morgan fingerprint density at radius 3 is 2.62 bits per heavy atom. The number of hydrogen-bond donors (Lipinski definition) is 1. The van der Waals surface area contributed by atoms with Crippen molar-refractivity contribution in [1.29, 1.82) is 0 Å². The van der Waals surface area contributed by atoms with E-state index in [9.17, 15) is 9.18 Å². The van der Waals surface area contributed by atoms with E-state index < -0.39 is 5.82 Å². The molecule has 1 aromatic rings. The number of piperidine rings is 1. The monoisotopic (exact) mass is 289 g/mol. The van der Waals surface area contributed by atoms with Crippen molar-refractivity contribution in [2.24, 2.45) is 0 Å². The van der Waals surface area contributed by atoms with Crippen molar-refractivity contribution in [3.8, 4) is 11.8 Å². The first-order valence-electron chi connectivity index (χ1n) is 7.26. The summed E-state index contributed by atoms with van der Waals surface area (Å²) >= 11 is 0. The molecule has 2 rings (SSSR count). The lowest BCUT2D eigenvalue weighted by Crippen LogP contribution is -2.47. The summed E-state index contributed by atoms with van der Waals surface area (Å²) in [6.07, 6.45) is 3.09. The molecule has 1 saturated heterocycles. The number of amides is 1. The van der Waals surface area contributed by atoms with Gasteiger partial charge in [0.25, 0.3) is 5.91 Å². The fourth-order valence-corrected chi connectivity index (χ4v) is 2.85. The highest BCUT2D eigenvalue weighted by Crippen LogP contribution is 2.25. The van der Waals surface area contributed by atoms with Crippen LogP contribution < -0.4 is 0 Å². The maximum atomic E-state index is 13.9. The molecule has 0 radical (unpaired) electrons. The number of halogens is 1. The maximum Gasteiger partial charge on any atom is 0.254 e. The molecule has 3 nitrogen and oxygen atoms in total. The summed E-state index contributed by atoms with van der Waals surface area (Å²) in [5.74, 6) is 4.27. The predicted octanol–water partition coefficient (Wildman–Crippen LogP) is 2.57. The quantitative estimate of drug-likeness (QED) is 0.807. The Kier molecular flexibility index (Phi) is 4.98. The Bertz CT molecular complexity index is 578. The number of aliphatic hydroxyl groups is 1. The first-order chi connectivity index (χ1) is 10.0. The second kappa shape index (κ2) is 6.73. The first kappa shape index (κ1) is 15.5. The van der Waals surface area contributed by atoms with Crippen LogP contribution in [0.1, 0.15) is 49.0 Å². The molecule has 0 spiro atoms. The molecule has 112 valence electrons. The van der Waals surface area contributed by atoms with E-state index in [4.69, 9.17) is 5.11 Å². The second-order valence-corrected chi connectivity index (χ2v) is 5.50. The molecule has 2 atom stereocenters. The Hall–Kier alpha value is -1.86. The van der Waals surface area contributed by atoms with Crippen LogP contribution in [0.25, 0.3) is 0 Å². The van der Waals surface area contributed by atoms with E-state index >= 15 is 0 Å². The molecule has 21 heavy (non-hydrogen) atoms. The molecule has 1 heterocycles. The van der Waals surface area contributed by atoms with Crippen LogP contribution in [0.5, 0.6) is 0 Å². The summed E-state index contributed by atoms with van der Waals surface area (Å²) in [5.41, 5.74) is 0.544. The number of nitrogens with zero attached hydrogens (tertiary/aromatic N) is 1. The van der Waals surface area contributed by atoms with Gasteiger partial charge in [0.2, 0.25) is 0 Å². The van der Waals surface area contributed by atoms with Crippen LogP contribution in [-0.4, -0.2) is 34.6 Å². The third kappa shape index (κ3) is 3.43. The molecular weight excluding hydrogens is 269 g/mol. The van der Waals surface area contributed by atoms with Crippen molar-refractivity contribution in [2.75, 3.05) is 6.61 Å². The number of hydrogen-bond acceptors (Lipinski definition) is 2. The van der Waals surface area contributed by atoms with Crippen LogP contribution >= 0.6 is 0 Å². The average Bonchev–Trinajstić information content (AvgIpc) is 2.45. The van der Waals surface area contributed by atoms with Crippen LogP contribution in [0.3, 0.4) is 0 Å². The van der Waals surface area contributed by atoms with Crippen LogP contribution in [0, 0.1) is 17.7 Å². The number of carbonyl (C=O) groups is 1. The highest BCUT2D eigenvalue weighted by molar-refractivity contribution is 5.94. The van der Waals surface area contributed by atoms with Gasteiger partial charge in [-0.3, -0.25) is 4.79 Å².